The van der Waals surface area contributed by atoms with Crippen LogP contribution in [0.25, 0.3) is 0 Å². The fourth-order valence-electron chi connectivity index (χ4n) is 8.40. The number of aliphatic hydroxyl groups is 1. The molecule has 6 atom stereocenters. The third-order valence-corrected chi connectivity index (χ3v) is 13.1. The minimum absolute atomic E-state index is 0.0249. The number of nitrogens with zero attached hydrogens (tertiary/aromatic N) is 3. The summed E-state index contributed by atoms with van der Waals surface area (Å²) in [5.74, 6) is -1.65. The Morgan fingerprint density at radius 1 is 1.00 bits per heavy atom. The highest BCUT2D eigenvalue weighted by Crippen LogP contribution is 2.32. The maximum Gasteiger partial charge on any atom is 0.309 e. The van der Waals surface area contributed by atoms with Gasteiger partial charge in [-0.05, 0) is 103 Å². The first-order valence-electron chi connectivity index (χ1n) is 23.4. The number of amides is 3. The third-order valence-electron chi connectivity index (χ3n) is 12.2. The molecule has 0 radical (unpaired) electrons. The highest BCUT2D eigenvalue weighted by atomic mass is 32.1. The normalized spacial score (nSPS) is 17.3. The first-order chi connectivity index (χ1) is 29.5. The molecule has 1 saturated heterocycles. The fraction of sp³-hybridized carbons (Fsp3) is 0.729. The summed E-state index contributed by atoms with van der Waals surface area (Å²) in [7, 11) is 0. The Hall–Kier alpha value is -3.59. The molecule has 1 aliphatic heterocycles. The van der Waals surface area contributed by atoms with Gasteiger partial charge in [0.25, 0.3) is 5.91 Å². The third kappa shape index (κ3) is 16.2. The molecule has 62 heavy (non-hydrogen) atoms. The van der Waals surface area contributed by atoms with Crippen molar-refractivity contribution >= 4 is 40.7 Å². The van der Waals surface area contributed by atoms with E-state index in [1.165, 1.54) is 11.3 Å². The van der Waals surface area contributed by atoms with Crippen LogP contribution in [0.2, 0.25) is 0 Å². The number of carboxylic acid groups (broad SMARTS) is 1. The Morgan fingerprint density at radius 3 is 2.31 bits per heavy atom. The minimum Gasteiger partial charge on any atom is -0.481 e. The zero-order valence-electron chi connectivity index (χ0n) is 39.5. The minimum atomic E-state index is -1.08. The average molecular weight is 885 g/mol. The van der Waals surface area contributed by atoms with Crippen LogP contribution in [-0.2, 0) is 25.5 Å². The van der Waals surface area contributed by atoms with Crippen molar-refractivity contribution in [2.24, 2.45) is 17.3 Å². The summed E-state index contributed by atoms with van der Waals surface area (Å²) in [6.45, 7) is 21.9. The summed E-state index contributed by atoms with van der Waals surface area (Å²) in [5, 5.41) is 31.8. The lowest BCUT2D eigenvalue weighted by atomic mass is 9.84. The molecule has 3 rings (SSSR count). The lowest BCUT2D eigenvalue weighted by Crippen LogP contribution is -2.59. The number of aliphatic carboxylic acids is 1. The van der Waals surface area contributed by atoms with Gasteiger partial charge in [-0.25, -0.2) is 4.98 Å². The van der Waals surface area contributed by atoms with Gasteiger partial charge in [-0.15, -0.1) is 11.3 Å². The number of unbranched alkanes of at least 4 members (excludes halogenated alkanes) is 3. The molecule has 1 fully saturated rings. The molecule has 2 heterocycles. The predicted molar refractivity (Wildman–Crippen MR) is 249 cm³/mol. The van der Waals surface area contributed by atoms with Crippen molar-refractivity contribution in [2.75, 3.05) is 38.2 Å². The van der Waals surface area contributed by atoms with Gasteiger partial charge in [0.05, 0.1) is 18.1 Å². The maximum atomic E-state index is 15.0. The number of nitrogens with one attached hydrogen (secondary N) is 3. The molecular formula is C48H80N6O7S. The van der Waals surface area contributed by atoms with Gasteiger partial charge in [0, 0.05) is 55.3 Å². The number of hydrogen-bond donors (Lipinski definition) is 5. The quantitative estimate of drug-likeness (QED) is 0.0526. The number of aliphatic hydroxyl groups excluding tert-OH is 1. The van der Waals surface area contributed by atoms with Crippen molar-refractivity contribution in [3.05, 3.63) is 45.9 Å². The number of ether oxygens (including phenoxy) is 1. The highest BCUT2D eigenvalue weighted by molar-refractivity contribution is 7.09. The van der Waals surface area contributed by atoms with Gasteiger partial charge in [0.2, 0.25) is 11.8 Å². The van der Waals surface area contributed by atoms with Gasteiger partial charge in [0.1, 0.15) is 22.8 Å². The summed E-state index contributed by atoms with van der Waals surface area (Å²) in [4.78, 5) is 63.9. The van der Waals surface area contributed by atoms with Crippen LogP contribution in [0.15, 0.2) is 29.6 Å². The van der Waals surface area contributed by atoms with Gasteiger partial charge in [0.15, 0.2) is 0 Å². The van der Waals surface area contributed by atoms with Crippen LogP contribution in [0, 0.1) is 17.3 Å². The fourth-order valence-corrected chi connectivity index (χ4v) is 9.25. The molecule has 5 N–H and O–H groups in total. The smallest absolute Gasteiger partial charge is 0.309 e. The van der Waals surface area contributed by atoms with Gasteiger partial charge >= 0.3 is 5.97 Å². The average Bonchev–Trinajstić information content (AvgIpc) is 3.72. The molecule has 0 spiro atoms. The first-order valence-corrected chi connectivity index (χ1v) is 24.3. The number of piperidine rings is 1. The number of anilines is 1. The van der Waals surface area contributed by atoms with Crippen molar-refractivity contribution in [1.82, 2.24) is 25.4 Å². The summed E-state index contributed by atoms with van der Waals surface area (Å²) in [6, 6.07) is 6.43. The van der Waals surface area contributed by atoms with Crippen LogP contribution in [0.5, 0.6) is 0 Å². The lowest BCUT2D eigenvalue weighted by molar-refractivity contribution is -0.147. The van der Waals surface area contributed by atoms with Gasteiger partial charge < -0.3 is 35.8 Å². The summed E-state index contributed by atoms with van der Waals surface area (Å²) < 4.78 is 6.38. The SMILES string of the molecule is CCCCCCN(C(=O)[C@@H](NC(=O)[C@H]1CCCCN1CCO)[C@@H](C)CC)[C@H](C[C@@H](OCC)c1nc(C(=O)N[C@@H](Cc2ccc(NC(C)C)cc2)CC(C)(C)C(=O)O)cs1)C(C)C. The van der Waals surface area contributed by atoms with Crippen molar-refractivity contribution < 1.29 is 34.1 Å². The van der Waals surface area contributed by atoms with Crippen LogP contribution in [0.3, 0.4) is 0 Å². The van der Waals surface area contributed by atoms with E-state index in [1.54, 1.807) is 19.2 Å². The highest BCUT2D eigenvalue weighted by Gasteiger charge is 2.39. The Balaban J connectivity index is 1.91. The van der Waals surface area contributed by atoms with E-state index < -0.39 is 29.6 Å². The van der Waals surface area contributed by atoms with Crippen molar-refractivity contribution in [3.8, 4) is 0 Å². The molecule has 1 aliphatic rings. The number of β-amino-alcohol motifs (C(OH)–C–C–N with tert-alkyl or cyclic N) is 1. The predicted octanol–water partition coefficient (Wildman–Crippen LogP) is 8.08. The van der Waals surface area contributed by atoms with Crippen molar-refractivity contribution in [1.29, 1.82) is 0 Å². The number of benzene rings is 1. The molecule has 13 nitrogen and oxygen atoms in total. The topological polar surface area (TPSA) is 173 Å². The molecule has 350 valence electrons. The van der Waals surface area contributed by atoms with Crippen LogP contribution in [-0.4, -0.2) is 112 Å². The Labute approximate surface area is 376 Å². The zero-order chi connectivity index (χ0) is 46.0. The number of thiazole rings is 1. The molecule has 0 aliphatic carbocycles. The van der Waals surface area contributed by atoms with E-state index in [4.69, 9.17) is 9.72 Å². The summed E-state index contributed by atoms with van der Waals surface area (Å²) >= 11 is 1.34. The standard InChI is InChI=1S/C48H80N6O7S/c1-11-14-15-17-25-54(46(58)42(34(8)12-2)52-44(57)39-19-16-18-24-53(39)26-27-55)40(32(4)5)29-41(61-13-3)45-51-38(31-62-45)43(56)50-37(30-48(9,10)47(59)60)28-35-20-22-36(23-21-35)49-33(6)7/h20-23,31-34,37,39-42,49,55H,11-19,24-30H2,1-10H3,(H,50,56)(H,52,57)(H,59,60)/t34-,37-,39+,40+,41+,42-/m0/s1. The molecule has 1 aromatic heterocycles. The lowest BCUT2D eigenvalue weighted by Gasteiger charge is -2.40. The zero-order valence-corrected chi connectivity index (χ0v) is 40.3. The Bertz CT molecular complexity index is 1660. The number of rotatable bonds is 28. The van der Waals surface area contributed by atoms with Crippen LogP contribution < -0.4 is 16.0 Å². The molecule has 14 heteroatoms. The summed E-state index contributed by atoms with van der Waals surface area (Å²) in [6.07, 6.45) is 7.84. The van der Waals surface area contributed by atoms with Crippen molar-refractivity contribution in [3.63, 3.8) is 0 Å². The molecule has 0 unspecified atom stereocenters. The second kappa shape index (κ2) is 26.3. The summed E-state index contributed by atoms with van der Waals surface area (Å²) in [5.41, 5.74) is 1.11. The first kappa shape index (κ1) is 52.8. The number of likely N-dealkylation sites (tertiary alicyclic amines) is 1. The van der Waals surface area contributed by atoms with E-state index in [-0.39, 0.29) is 66.4 Å². The number of carboxylic acids is 1. The maximum absolute atomic E-state index is 15.0. The van der Waals surface area contributed by atoms with E-state index in [0.29, 0.717) is 50.4 Å². The van der Waals surface area contributed by atoms with Gasteiger partial charge in [-0.2, -0.15) is 0 Å². The van der Waals surface area contributed by atoms with E-state index >= 15 is 0 Å². The molecular weight excluding hydrogens is 805 g/mol. The van der Waals surface area contributed by atoms with Gasteiger partial charge in [-0.3, -0.25) is 24.1 Å². The Kier molecular flexibility index (Phi) is 22.3. The van der Waals surface area contributed by atoms with Crippen LogP contribution >= 0.6 is 11.3 Å². The molecule has 0 saturated carbocycles. The monoisotopic (exact) mass is 885 g/mol. The molecule has 1 aromatic carbocycles. The number of carbonyl (C=O) groups excluding carboxylic acids is 3. The van der Waals surface area contributed by atoms with Crippen LogP contribution in [0.1, 0.15) is 161 Å². The second-order valence-corrected chi connectivity index (χ2v) is 19.5. The number of hydrogen-bond acceptors (Lipinski definition) is 10. The van der Waals surface area contributed by atoms with Gasteiger partial charge in [-0.1, -0.05) is 78.9 Å². The van der Waals surface area contributed by atoms with Crippen LogP contribution in [0.4, 0.5) is 5.69 Å². The largest absolute Gasteiger partial charge is 0.481 e. The second-order valence-electron chi connectivity index (χ2n) is 18.6. The molecule has 2 aromatic rings. The van der Waals surface area contributed by atoms with E-state index in [0.717, 1.165) is 56.3 Å². The molecule has 0 bridgehead atoms. The van der Waals surface area contributed by atoms with E-state index in [1.807, 2.05) is 54.8 Å². The number of carbonyl (C=O) groups is 4. The molecule has 3 amide bonds. The van der Waals surface area contributed by atoms with E-state index in [9.17, 15) is 29.4 Å². The van der Waals surface area contributed by atoms with E-state index in [2.05, 4.69) is 50.6 Å². The Morgan fingerprint density at radius 2 is 1.71 bits per heavy atom. The van der Waals surface area contributed by atoms with Crippen molar-refractivity contribution in [2.45, 2.75) is 176 Å². The number of aromatic nitrogens is 1.